The summed E-state index contributed by atoms with van der Waals surface area (Å²) in [6, 6.07) is 0. The van der Waals surface area contributed by atoms with Crippen LogP contribution in [0, 0.1) is 0 Å². The Bertz CT molecular complexity index is 482. The van der Waals surface area contributed by atoms with Crippen molar-refractivity contribution in [1.82, 2.24) is 15.4 Å². The first-order valence-corrected chi connectivity index (χ1v) is 9.59. The van der Waals surface area contributed by atoms with Crippen LogP contribution in [0.15, 0.2) is 4.99 Å². The molecule has 1 heterocycles. The molecule has 0 radical (unpaired) electrons. The summed E-state index contributed by atoms with van der Waals surface area (Å²) in [5, 5.41) is 6.44. The predicted octanol–water partition coefficient (Wildman–Crippen LogP) is 0.438. The smallest absolute Gasteiger partial charge is 0.209 e. The van der Waals surface area contributed by atoms with Crippen LogP contribution in [0.1, 0.15) is 40.5 Å². The van der Waals surface area contributed by atoms with E-state index in [-0.39, 0.29) is 5.60 Å². The maximum absolute atomic E-state index is 11.4. The highest BCUT2D eigenvalue weighted by molar-refractivity contribution is 7.88. The molecule has 3 N–H and O–H groups in total. The Morgan fingerprint density at radius 3 is 2.55 bits per heavy atom. The second kappa shape index (κ2) is 7.61. The Labute approximate surface area is 134 Å². The van der Waals surface area contributed by atoms with Gasteiger partial charge >= 0.3 is 0 Å². The maximum atomic E-state index is 11.4. The number of aliphatic imine (C=N–C) groups is 1. The van der Waals surface area contributed by atoms with Gasteiger partial charge in [0.25, 0.3) is 0 Å². The van der Waals surface area contributed by atoms with Crippen LogP contribution in [-0.2, 0) is 14.8 Å². The largest absolute Gasteiger partial charge is 0.373 e. The van der Waals surface area contributed by atoms with E-state index in [1.807, 2.05) is 20.8 Å². The summed E-state index contributed by atoms with van der Waals surface area (Å²) in [6.45, 7) is 10.3. The van der Waals surface area contributed by atoms with Crippen molar-refractivity contribution in [3.05, 3.63) is 0 Å². The second-order valence-electron chi connectivity index (χ2n) is 6.71. The van der Waals surface area contributed by atoms with Crippen LogP contribution >= 0.6 is 0 Å². The molecule has 0 spiro atoms. The highest BCUT2D eigenvalue weighted by Crippen LogP contribution is 2.23. The Balaban J connectivity index is 2.61. The van der Waals surface area contributed by atoms with E-state index in [4.69, 9.17) is 4.74 Å². The lowest BCUT2D eigenvalue weighted by atomic mass is 10.0. The van der Waals surface area contributed by atoms with Gasteiger partial charge in [0.1, 0.15) is 0 Å². The molecule has 0 saturated carbocycles. The summed E-state index contributed by atoms with van der Waals surface area (Å²) in [4.78, 5) is 4.47. The molecule has 22 heavy (non-hydrogen) atoms. The number of guanidine groups is 1. The van der Waals surface area contributed by atoms with Crippen LogP contribution in [0.4, 0.5) is 0 Å². The van der Waals surface area contributed by atoms with Crippen molar-refractivity contribution in [2.45, 2.75) is 51.7 Å². The van der Waals surface area contributed by atoms with Gasteiger partial charge in [0.05, 0.1) is 18.4 Å². The lowest BCUT2D eigenvalue weighted by Gasteiger charge is -2.26. The number of nitrogens with zero attached hydrogens (tertiary/aromatic N) is 1. The average Bonchev–Trinajstić information content (AvgIpc) is 2.77. The average molecular weight is 334 g/mol. The first-order chi connectivity index (χ1) is 10.1. The van der Waals surface area contributed by atoms with Crippen molar-refractivity contribution in [3.8, 4) is 0 Å². The fourth-order valence-corrected chi connectivity index (χ4v) is 3.47. The molecule has 8 heteroatoms. The predicted molar refractivity (Wildman–Crippen MR) is 89.6 cm³/mol. The first-order valence-electron chi connectivity index (χ1n) is 7.70. The zero-order valence-electron chi connectivity index (χ0n) is 14.3. The van der Waals surface area contributed by atoms with E-state index in [0.29, 0.717) is 19.0 Å². The number of hydrogen-bond donors (Lipinski definition) is 3. The zero-order chi connectivity index (χ0) is 16.9. The van der Waals surface area contributed by atoms with Gasteiger partial charge in [-0.3, -0.25) is 4.99 Å². The van der Waals surface area contributed by atoms with E-state index in [0.717, 1.165) is 32.2 Å². The van der Waals surface area contributed by atoms with Crippen LogP contribution in [0.2, 0.25) is 0 Å². The van der Waals surface area contributed by atoms with Gasteiger partial charge in [0.15, 0.2) is 5.96 Å². The third-order valence-corrected chi connectivity index (χ3v) is 4.29. The van der Waals surface area contributed by atoms with Crippen LogP contribution < -0.4 is 15.4 Å². The van der Waals surface area contributed by atoms with Gasteiger partial charge in [0.2, 0.25) is 10.0 Å². The normalized spacial score (nSPS) is 23.6. The van der Waals surface area contributed by atoms with Crippen molar-refractivity contribution in [2.24, 2.45) is 4.99 Å². The summed E-state index contributed by atoms with van der Waals surface area (Å²) in [7, 11) is -3.26. The van der Waals surface area contributed by atoms with Crippen LogP contribution in [0.25, 0.3) is 0 Å². The second-order valence-corrected chi connectivity index (χ2v) is 8.46. The minimum atomic E-state index is -3.26. The molecule has 0 aromatic carbocycles. The fraction of sp³-hybridized carbons (Fsp3) is 0.929. The summed E-state index contributed by atoms with van der Waals surface area (Å²) in [6.07, 6.45) is 3.26. The van der Waals surface area contributed by atoms with Gasteiger partial charge in [-0.05, 0) is 40.5 Å². The molecule has 1 fully saturated rings. The molecular formula is C14H30N4O3S. The minimum absolute atomic E-state index is 0.156. The van der Waals surface area contributed by atoms with Crippen LogP contribution in [-0.4, -0.2) is 58.0 Å². The molecule has 1 aliphatic heterocycles. The van der Waals surface area contributed by atoms with Crippen molar-refractivity contribution < 1.29 is 13.2 Å². The molecule has 1 unspecified atom stereocenters. The molecule has 130 valence electrons. The summed E-state index contributed by atoms with van der Waals surface area (Å²) in [5.74, 6) is 0.669. The summed E-state index contributed by atoms with van der Waals surface area (Å²) >= 11 is 0. The van der Waals surface area contributed by atoms with Crippen molar-refractivity contribution in [2.75, 3.05) is 32.5 Å². The van der Waals surface area contributed by atoms with Gasteiger partial charge in [-0.1, -0.05) is 0 Å². The van der Waals surface area contributed by atoms with E-state index in [9.17, 15) is 8.42 Å². The van der Waals surface area contributed by atoms with E-state index < -0.39 is 15.6 Å². The number of nitrogens with one attached hydrogen (secondary N) is 3. The van der Waals surface area contributed by atoms with Gasteiger partial charge < -0.3 is 15.4 Å². The van der Waals surface area contributed by atoms with Gasteiger partial charge in [-0.15, -0.1) is 0 Å². The molecule has 1 aliphatic rings. The zero-order valence-corrected chi connectivity index (χ0v) is 15.1. The lowest BCUT2D eigenvalue weighted by molar-refractivity contribution is 0.0243. The number of rotatable bonds is 7. The molecule has 0 aromatic rings. The molecule has 1 rings (SSSR count). The molecule has 0 aliphatic carbocycles. The SMILES string of the molecule is CCNC(=NCC(C)(C)NS(C)(=O)=O)NCC1(C)CCCO1. The lowest BCUT2D eigenvalue weighted by Crippen LogP contribution is -2.48. The van der Waals surface area contributed by atoms with Crippen molar-refractivity contribution in [1.29, 1.82) is 0 Å². The van der Waals surface area contributed by atoms with Gasteiger partial charge in [0, 0.05) is 25.2 Å². The van der Waals surface area contributed by atoms with Crippen molar-refractivity contribution in [3.63, 3.8) is 0 Å². The minimum Gasteiger partial charge on any atom is -0.373 e. The number of sulfonamides is 1. The van der Waals surface area contributed by atoms with Crippen molar-refractivity contribution >= 4 is 16.0 Å². The highest BCUT2D eigenvalue weighted by Gasteiger charge is 2.30. The van der Waals surface area contributed by atoms with E-state index in [1.165, 1.54) is 0 Å². The van der Waals surface area contributed by atoms with Gasteiger partial charge in [-0.25, -0.2) is 13.1 Å². The molecule has 0 aromatic heterocycles. The Kier molecular flexibility index (Phi) is 6.64. The molecule has 7 nitrogen and oxygen atoms in total. The van der Waals surface area contributed by atoms with Crippen LogP contribution in [0.3, 0.4) is 0 Å². The fourth-order valence-electron chi connectivity index (χ4n) is 2.40. The molecule has 0 amide bonds. The third kappa shape index (κ3) is 7.42. The van der Waals surface area contributed by atoms with E-state index in [1.54, 1.807) is 0 Å². The molecular weight excluding hydrogens is 304 g/mol. The third-order valence-electron chi connectivity index (χ3n) is 3.37. The maximum Gasteiger partial charge on any atom is 0.209 e. The molecule has 0 bridgehead atoms. The summed E-state index contributed by atoms with van der Waals surface area (Å²) in [5.41, 5.74) is -0.791. The van der Waals surface area contributed by atoms with Gasteiger partial charge in [-0.2, -0.15) is 0 Å². The van der Waals surface area contributed by atoms with E-state index >= 15 is 0 Å². The molecule has 1 saturated heterocycles. The first kappa shape index (κ1) is 19.2. The Morgan fingerprint density at radius 1 is 1.36 bits per heavy atom. The Morgan fingerprint density at radius 2 is 2.05 bits per heavy atom. The number of ether oxygens (including phenoxy) is 1. The van der Waals surface area contributed by atoms with E-state index in [2.05, 4.69) is 27.3 Å². The monoisotopic (exact) mass is 334 g/mol. The quantitative estimate of drug-likeness (QED) is 0.464. The molecule has 1 atom stereocenters. The standard InChI is InChI=1S/C14H30N4O3S/c1-6-15-12(17-11-14(4)8-7-9-21-14)16-10-13(2,3)18-22(5,19)20/h18H,6-11H2,1-5H3,(H2,15,16,17). The summed E-state index contributed by atoms with van der Waals surface area (Å²) < 4.78 is 31.0. The topological polar surface area (TPSA) is 91.8 Å². The highest BCUT2D eigenvalue weighted by atomic mass is 32.2. The van der Waals surface area contributed by atoms with Crippen LogP contribution in [0.5, 0.6) is 0 Å². The number of hydrogen-bond acceptors (Lipinski definition) is 4. The Hall–Kier alpha value is -0.860.